The summed E-state index contributed by atoms with van der Waals surface area (Å²) in [4.78, 5) is 0. The van der Waals surface area contributed by atoms with Crippen LogP contribution in [-0.4, -0.2) is 0 Å². The molecule has 0 heteroatoms. The molecule has 0 nitrogen and oxygen atoms in total. The van der Waals surface area contributed by atoms with Crippen LogP contribution in [0.3, 0.4) is 0 Å². The minimum absolute atomic E-state index is 1.18. The molecular weight excluding hydrogens is 132 g/mol. The Morgan fingerprint density at radius 3 is 2.00 bits per heavy atom. The minimum Gasteiger partial charge on any atom is -0.0885 e. The SMILES string of the molecule is C1=CCC/C=C/CCCC=C1. The number of rotatable bonds is 0. The van der Waals surface area contributed by atoms with Crippen molar-refractivity contribution in [3.8, 4) is 0 Å². The summed E-state index contributed by atoms with van der Waals surface area (Å²) >= 11 is 0. The minimum atomic E-state index is 1.18. The van der Waals surface area contributed by atoms with Crippen molar-refractivity contribution in [2.24, 2.45) is 0 Å². The summed E-state index contributed by atoms with van der Waals surface area (Å²) in [5.74, 6) is 0. The van der Waals surface area contributed by atoms with Gasteiger partial charge in [0.1, 0.15) is 0 Å². The van der Waals surface area contributed by atoms with Crippen molar-refractivity contribution in [2.45, 2.75) is 32.1 Å². The fraction of sp³-hybridized carbons (Fsp3) is 0.455. The highest BCUT2D eigenvalue weighted by atomic mass is 13.9. The van der Waals surface area contributed by atoms with Crippen LogP contribution in [0.2, 0.25) is 0 Å². The molecule has 1 aliphatic carbocycles. The molecule has 0 fully saturated rings. The van der Waals surface area contributed by atoms with E-state index in [0.29, 0.717) is 0 Å². The van der Waals surface area contributed by atoms with Gasteiger partial charge in [-0.1, -0.05) is 36.5 Å². The summed E-state index contributed by atoms with van der Waals surface area (Å²) < 4.78 is 0. The van der Waals surface area contributed by atoms with E-state index in [9.17, 15) is 0 Å². The van der Waals surface area contributed by atoms with Gasteiger partial charge < -0.3 is 0 Å². The zero-order valence-electron chi connectivity index (χ0n) is 7.00. The van der Waals surface area contributed by atoms with Crippen LogP contribution in [0.15, 0.2) is 36.5 Å². The molecule has 0 saturated carbocycles. The van der Waals surface area contributed by atoms with Crippen molar-refractivity contribution in [2.75, 3.05) is 0 Å². The van der Waals surface area contributed by atoms with Crippen molar-refractivity contribution >= 4 is 0 Å². The lowest BCUT2D eigenvalue weighted by atomic mass is 10.2. The first-order valence-corrected chi connectivity index (χ1v) is 4.47. The molecule has 0 spiro atoms. The Morgan fingerprint density at radius 1 is 0.545 bits per heavy atom. The van der Waals surface area contributed by atoms with Crippen molar-refractivity contribution < 1.29 is 0 Å². The summed E-state index contributed by atoms with van der Waals surface area (Å²) in [7, 11) is 0. The molecule has 11 heavy (non-hydrogen) atoms. The first-order chi connectivity index (χ1) is 5.50. The van der Waals surface area contributed by atoms with E-state index in [1.165, 1.54) is 32.1 Å². The maximum Gasteiger partial charge on any atom is -0.0313 e. The molecule has 1 aliphatic rings. The van der Waals surface area contributed by atoms with Crippen molar-refractivity contribution in [1.82, 2.24) is 0 Å². The summed E-state index contributed by atoms with van der Waals surface area (Å²) in [5, 5.41) is 0. The fourth-order valence-corrected chi connectivity index (χ4v) is 1.13. The highest BCUT2D eigenvalue weighted by Crippen LogP contribution is 2.02. The van der Waals surface area contributed by atoms with Gasteiger partial charge in [0, 0.05) is 0 Å². The van der Waals surface area contributed by atoms with Crippen molar-refractivity contribution in [3.05, 3.63) is 36.5 Å². The van der Waals surface area contributed by atoms with Crippen LogP contribution in [0.25, 0.3) is 0 Å². The van der Waals surface area contributed by atoms with Gasteiger partial charge in [0.25, 0.3) is 0 Å². The van der Waals surface area contributed by atoms with Crippen LogP contribution in [0.4, 0.5) is 0 Å². The Hall–Kier alpha value is -0.780. The topological polar surface area (TPSA) is 0 Å². The Kier molecular flexibility index (Phi) is 4.51. The second-order valence-corrected chi connectivity index (χ2v) is 2.84. The molecule has 0 N–H and O–H groups in total. The van der Waals surface area contributed by atoms with Crippen LogP contribution in [0, 0.1) is 0 Å². The molecule has 0 aromatic rings. The molecule has 0 radical (unpaired) electrons. The van der Waals surface area contributed by atoms with Gasteiger partial charge in [0.05, 0.1) is 0 Å². The van der Waals surface area contributed by atoms with Crippen LogP contribution < -0.4 is 0 Å². The second-order valence-electron chi connectivity index (χ2n) is 2.84. The predicted molar refractivity (Wildman–Crippen MR) is 50.5 cm³/mol. The zero-order chi connectivity index (χ0) is 7.78. The molecule has 0 saturated heterocycles. The molecule has 0 aromatic heterocycles. The lowest BCUT2D eigenvalue weighted by molar-refractivity contribution is 0.864. The third-order valence-corrected chi connectivity index (χ3v) is 1.79. The molecule has 0 amide bonds. The number of allylic oxidation sites excluding steroid dienone is 6. The molecular formula is C11H16. The van der Waals surface area contributed by atoms with E-state index in [1.54, 1.807) is 0 Å². The molecule has 0 unspecified atom stereocenters. The third kappa shape index (κ3) is 4.60. The number of hydrogen-bond acceptors (Lipinski definition) is 0. The Morgan fingerprint density at radius 2 is 1.09 bits per heavy atom. The Balaban J connectivity index is 2.34. The van der Waals surface area contributed by atoms with E-state index >= 15 is 0 Å². The maximum atomic E-state index is 2.30. The maximum absolute atomic E-state index is 2.30. The van der Waals surface area contributed by atoms with Gasteiger partial charge in [-0.15, -0.1) is 0 Å². The average Bonchev–Trinajstić information content (AvgIpc) is 2.08. The molecule has 0 atom stereocenters. The van der Waals surface area contributed by atoms with E-state index in [-0.39, 0.29) is 0 Å². The highest BCUT2D eigenvalue weighted by molar-refractivity contribution is 5.03. The monoisotopic (exact) mass is 148 g/mol. The molecule has 0 aromatic carbocycles. The van der Waals surface area contributed by atoms with Gasteiger partial charge in [-0.3, -0.25) is 0 Å². The standard InChI is InChI=1S/C11H16/c1-2-4-6-8-10-11-9-7-5-3-1/h1-4,9,11H,5-8,10H2/b3-1?,4-2?,11-9+. The largest absolute Gasteiger partial charge is 0.0885 e. The average molecular weight is 148 g/mol. The van der Waals surface area contributed by atoms with Crippen LogP contribution in [0.1, 0.15) is 32.1 Å². The van der Waals surface area contributed by atoms with E-state index in [4.69, 9.17) is 0 Å². The summed E-state index contributed by atoms with van der Waals surface area (Å²) in [6.45, 7) is 0. The van der Waals surface area contributed by atoms with Gasteiger partial charge in [-0.25, -0.2) is 0 Å². The molecule has 0 bridgehead atoms. The highest BCUT2D eigenvalue weighted by Gasteiger charge is 1.82. The normalized spacial score (nSPS) is 22.5. The van der Waals surface area contributed by atoms with E-state index in [1.807, 2.05) is 0 Å². The zero-order valence-corrected chi connectivity index (χ0v) is 7.00. The van der Waals surface area contributed by atoms with E-state index in [2.05, 4.69) is 36.5 Å². The van der Waals surface area contributed by atoms with Crippen LogP contribution in [-0.2, 0) is 0 Å². The first kappa shape index (κ1) is 8.32. The van der Waals surface area contributed by atoms with Gasteiger partial charge in [0.15, 0.2) is 0 Å². The molecule has 0 heterocycles. The first-order valence-electron chi connectivity index (χ1n) is 4.47. The van der Waals surface area contributed by atoms with Gasteiger partial charge in [-0.2, -0.15) is 0 Å². The number of hydrogen-bond donors (Lipinski definition) is 0. The van der Waals surface area contributed by atoms with Crippen LogP contribution >= 0.6 is 0 Å². The van der Waals surface area contributed by atoms with Crippen molar-refractivity contribution in [3.63, 3.8) is 0 Å². The fourth-order valence-electron chi connectivity index (χ4n) is 1.13. The van der Waals surface area contributed by atoms with Gasteiger partial charge in [-0.05, 0) is 32.1 Å². The Labute approximate surface area is 69.3 Å². The molecule has 60 valence electrons. The molecule has 0 aliphatic heterocycles. The Bertz CT molecular complexity index is 161. The van der Waals surface area contributed by atoms with E-state index in [0.717, 1.165) is 0 Å². The molecule has 1 rings (SSSR count). The third-order valence-electron chi connectivity index (χ3n) is 1.79. The quantitative estimate of drug-likeness (QED) is 0.460. The summed E-state index contributed by atoms with van der Waals surface area (Å²) in [5.41, 5.74) is 0. The lowest BCUT2D eigenvalue weighted by Gasteiger charge is -1.88. The van der Waals surface area contributed by atoms with Crippen LogP contribution in [0.5, 0.6) is 0 Å². The lowest BCUT2D eigenvalue weighted by Crippen LogP contribution is -1.68. The predicted octanol–water partition coefficient (Wildman–Crippen LogP) is 3.62. The van der Waals surface area contributed by atoms with Gasteiger partial charge in [0.2, 0.25) is 0 Å². The van der Waals surface area contributed by atoms with Crippen molar-refractivity contribution in [1.29, 1.82) is 0 Å². The second kappa shape index (κ2) is 5.96. The smallest absolute Gasteiger partial charge is 0.0313 e. The van der Waals surface area contributed by atoms with E-state index < -0.39 is 0 Å². The van der Waals surface area contributed by atoms with Gasteiger partial charge >= 0.3 is 0 Å². The summed E-state index contributed by atoms with van der Waals surface area (Å²) in [6.07, 6.45) is 19.5. The summed E-state index contributed by atoms with van der Waals surface area (Å²) in [6, 6.07) is 0.